The van der Waals surface area contributed by atoms with E-state index in [0.29, 0.717) is 6.42 Å². The SMILES string of the molecule is COCCCCCCC[C@H](NC(=O)OC(C)(C)C)C(=O)O. The van der Waals surface area contributed by atoms with Crippen LogP contribution in [0.4, 0.5) is 4.79 Å². The minimum Gasteiger partial charge on any atom is -0.480 e. The monoisotopic (exact) mass is 303 g/mol. The molecule has 0 heterocycles. The molecule has 0 unspecified atom stereocenters. The zero-order valence-electron chi connectivity index (χ0n) is 13.6. The maximum Gasteiger partial charge on any atom is 0.408 e. The van der Waals surface area contributed by atoms with Gasteiger partial charge in [0.2, 0.25) is 0 Å². The zero-order valence-corrected chi connectivity index (χ0v) is 13.6. The summed E-state index contributed by atoms with van der Waals surface area (Å²) in [7, 11) is 1.68. The van der Waals surface area contributed by atoms with Crippen LogP contribution in [0.25, 0.3) is 0 Å². The lowest BCUT2D eigenvalue weighted by atomic mass is 10.1. The number of ether oxygens (including phenoxy) is 2. The molecule has 2 N–H and O–H groups in total. The number of unbranched alkanes of at least 4 members (excludes halogenated alkanes) is 4. The van der Waals surface area contributed by atoms with E-state index in [2.05, 4.69) is 5.32 Å². The van der Waals surface area contributed by atoms with E-state index in [1.807, 2.05) is 0 Å². The first kappa shape index (κ1) is 19.7. The Bertz CT molecular complexity index is 312. The van der Waals surface area contributed by atoms with Crippen LogP contribution in [-0.4, -0.2) is 42.5 Å². The number of carboxylic acids is 1. The molecule has 6 heteroatoms. The van der Waals surface area contributed by atoms with Crippen LogP contribution < -0.4 is 5.32 Å². The first-order valence-corrected chi connectivity index (χ1v) is 7.47. The molecule has 0 aromatic carbocycles. The number of methoxy groups -OCH3 is 1. The van der Waals surface area contributed by atoms with E-state index in [1.165, 1.54) is 0 Å². The van der Waals surface area contributed by atoms with Gasteiger partial charge in [-0.2, -0.15) is 0 Å². The van der Waals surface area contributed by atoms with Crippen LogP contribution in [0.1, 0.15) is 59.3 Å². The van der Waals surface area contributed by atoms with Gasteiger partial charge >= 0.3 is 12.1 Å². The Balaban J connectivity index is 3.93. The highest BCUT2D eigenvalue weighted by atomic mass is 16.6. The molecule has 1 atom stereocenters. The second kappa shape index (κ2) is 10.4. The van der Waals surface area contributed by atoms with E-state index in [1.54, 1.807) is 27.9 Å². The quantitative estimate of drug-likeness (QED) is 0.606. The van der Waals surface area contributed by atoms with Gasteiger partial charge in [-0.1, -0.05) is 25.7 Å². The van der Waals surface area contributed by atoms with Gasteiger partial charge in [-0.05, 0) is 33.6 Å². The number of nitrogens with one attached hydrogen (secondary N) is 1. The summed E-state index contributed by atoms with van der Waals surface area (Å²) in [5.74, 6) is -1.03. The van der Waals surface area contributed by atoms with Crippen molar-refractivity contribution in [3.63, 3.8) is 0 Å². The van der Waals surface area contributed by atoms with Gasteiger partial charge in [0, 0.05) is 13.7 Å². The average Bonchev–Trinajstić information content (AvgIpc) is 2.33. The number of alkyl carbamates (subject to hydrolysis) is 1. The summed E-state index contributed by atoms with van der Waals surface area (Å²) < 4.78 is 10.0. The molecule has 0 saturated carbocycles. The summed E-state index contributed by atoms with van der Waals surface area (Å²) in [6.45, 7) is 5.98. The maximum atomic E-state index is 11.6. The lowest BCUT2D eigenvalue weighted by Gasteiger charge is -2.22. The van der Waals surface area contributed by atoms with Crippen molar-refractivity contribution in [2.24, 2.45) is 0 Å². The summed E-state index contributed by atoms with van der Waals surface area (Å²) in [6.07, 6.45) is 4.58. The largest absolute Gasteiger partial charge is 0.480 e. The van der Waals surface area contributed by atoms with Crippen molar-refractivity contribution in [1.82, 2.24) is 5.32 Å². The number of hydrogen-bond acceptors (Lipinski definition) is 4. The van der Waals surface area contributed by atoms with Crippen LogP contribution in [0.15, 0.2) is 0 Å². The van der Waals surface area contributed by atoms with Gasteiger partial charge < -0.3 is 19.9 Å². The van der Waals surface area contributed by atoms with E-state index in [4.69, 9.17) is 14.6 Å². The summed E-state index contributed by atoms with van der Waals surface area (Å²) in [4.78, 5) is 22.7. The van der Waals surface area contributed by atoms with E-state index in [-0.39, 0.29) is 0 Å². The summed E-state index contributed by atoms with van der Waals surface area (Å²) in [5, 5.41) is 11.5. The lowest BCUT2D eigenvalue weighted by molar-refractivity contribution is -0.139. The summed E-state index contributed by atoms with van der Waals surface area (Å²) >= 11 is 0. The Hall–Kier alpha value is -1.30. The van der Waals surface area contributed by atoms with Gasteiger partial charge in [-0.3, -0.25) is 0 Å². The van der Waals surface area contributed by atoms with Gasteiger partial charge in [0.05, 0.1) is 0 Å². The van der Waals surface area contributed by atoms with Gasteiger partial charge in [-0.15, -0.1) is 0 Å². The highest BCUT2D eigenvalue weighted by Gasteiger charge is 2.23. The predicted molar refractivity (Wildman–Crippen MR) is 80.4 cm³/mol. The molecule has 0 spiro atoms. The Labute approximate surface area is 127 Å². The molecule has 0 fully saturated rings. The molecule has 1 amide bonds. The molecule has 0 aliphatic carbocycles. The van der Waals surface area contributed by atoms with Gasteiger partial charge in [0.15, 0.2) is 0 Å². The Morgan fingerprint density at radius 2 is 1.67 bits per heavy atom. The highest BCUT2D eigenvalue weighted by molar-refractivity contribution is 5.79. The van der Waals surface area contributed by atoms with Crippen molar-refractivity contribution in [2.45, 2.75) is 70.9 Å². The minimum atomic E-state index is -1.03. The van der Waals surface area contributed by atoms with E-state index < -0.39 is 23.7 Å². The Kier molecular flexibility index (Phi) is 9.78. The van der Waals surface area contributed by atoms with Crippen LogP contribution >= 0.6 is 0 Å². The second-order valence-corrected chi connectivity index (χ2v) is 6.09. The van der Waals surface area contributed by atoms with Crippen molar-refractivity contribution in [1.29, 1.82) is 0 Å². The topological polar surface area (TPSA) is 84.9 Å². The average molecular weight is 303 g/mol. The fraction of sp³-hybridized carbons (Fsp3) is 0.867. The third-order valence-electron chi connectivity index (χ3n) is 2.83. The molecule has 0 aromatic rings. The minimum absolute atomic E-state index is 0.416. The van der Waals surface area contributed by atoms with Crippen molar-refractivity contribution in [2.75, 3.05) is 13.7 Å². The summed E-state index contributed by atoms with van der Waals surface area (Å²) in [6, 6.07) is -0.890. The molecular weight excluding hydrogens is 274 g/mol. The van der Waals surface area contributed by atoms with E-state index in [9.17, 15) is 9.59 Å². The number of carbonyl (C=O) groups is 2. The molecule has 124 valence electrons. The lowest BCUT2D eigenvalue weighted by Crippen LogP contribution is -2.43. The van der Waals surface area contributed by atoms with Crippen molar-refractivity contribution in [3.8, 4) is 0 Å². The number of rotatable bonds is 10. The van der Waals surface area contributed by atoms with E-state index >= 15 is 0 Å². The fourth-order valence-corrected chi connectivity index (χ4v) is 1.83. The number of carbonyl (C=O) groups excluding carboxylic acids is 1. The van der Waals surface area contributed by atoms with Crippen molar-refractivity contribution < 1.29 is 24.2 Å². The van der Waals surface area contributed by atoms with Crippen molar-refractivity contribution >= 4 is 12.1 Å². The predicted octanol–water partition coefficient (Wildman–Crippen LogP) is 2.95. The molecule has 0 aliphatic heterocycles. The maximum absolute atomic E-state index is 11.6. The molecule has 0 rings (SSSR count). The normalized spacial score (nSPS) is 12.8. The number of hydrogen-bond donors (Lipinski definition) is 2. The molecule has 0 bridgehead atoms. The van der Waals surface area contributed by atoms with Gasteiger partial charge in [0.1, 0.15) is 11.6 Å². The Morgan fingerprint density at radius 3 is 2.19 bits per heavy atom. The van der Waals surface area contributed by atoms with Crippen LogP contribution in [0.2, 0.25) is 0 Å². The molecule has 0 radical (unpaired) electrons. The van der Waals surface area contributed by atoms with Crippen LogP contribution in [0.3, 0.4) is 0 Å². The van der Waals surface area contributed by atoms with Crippen LogP contribution in [0, 0.1) is 0 Å². The highest BCUT2D eigenvalue weighted by Crippen LogP contribution is 2.10. The fourth-order valence-electron chi connectivity index (χ4n) is 1.83. The molecule has 0 saturated heterocycles. The Morgan fingerprint density at radius 1 is 1.10 bits per heavy atom. The van der Waals surface area contributed by atoms with E-state index in [0.717, 1.165) is 38.7 Å². The molecule has 0 aromatic heterocycles. The molecule has 21 heavy (non-hydrogen) atoms. The number of carboxylic acid groups (broad SMARTS) is 1. The molecule has 6 nitrogen and oxygen atoms in total. The summed E-state index contributed by atoms with van der Waals surface area (Å²) in [5.41, 5.74) is -0.630. The number of aliphatic carboxylic acids is 1. The number of amides is 1. The standard InChI is InChI=1S/C15H29NO5/c1-15(2,3)21-14(19)16-12(13(17)18)10-8-6-5-7-9-11-20-4/h12H,5-11H2,1-4H3,(H,16,19)(H,17,18)/t12-/m0/s1. The third kappa shape index (κ3) is 12.2. The first-order valence-electron chi connectivity index (χ1n) is 7.47. The van der Waals surface area contributed by atoms with Crippen LogP contribution in [0.5, 0.6) is 0 Å². The zero-order chi connectivity index (χ0) is 16.3. The van der Waals surface area contributed by atoms with Crippen LogP contribution in [-0.2, 0) is 14.3 Å². The first-order chi connectivity index (χ1) is 9.76. The second-order valence-electron chi connectivity index (χ2n) is 6.09. The molecular formula is C15H29NO5. The third-order valence-corrected chi connectivity index (χ3v) is 2.83. The van der Waals surface area contributed by atoms with Gasteiger partial charge in [-0.25, -0.2) is 9.59 Å². The molecule has 0 aliphatic rings. The smallest absolute Gasteiger partial charge is 0.408 e. The van der Waals surface area contributed by atoms with Crippen molar-refractivity contribution in [3.05, 3.63) is 0 Å². The van der Waals surface area contributed by atoms with Gasteiger partial charge in [0.25, 0.3) is 0 Å².